The Kier molecular flexibility index (Phi) is 8.82. The van der Waals surface area contributed by atoms with E-state index in [9.17, 15) is 18.0 Å². The zero-order valence-corrected chi connectivity index (χ0v) is 21.0. The number of piperazine rings is 1. The van der Waals surface area contributed by atoms with Crippen LogP contribution in [0.15, 0.2) is 53.4 Å². The lowest BCUT2D eigenvalue weighted by molar-refractivity contribution is -0.132. The van der Waals surface area contributed by atoms with E-state index in [0.717, 1.165) is 11.1 Å². The molecule has 1 saturated heterocycles. The highest BCUT2D eigenvalue weighted by Crippen LogP contribution is 2.19. The van der Waals surface area contributed by atoms with Crippen LogP contribution in [0.25, 0.3) is 0 Å². The molecule has 1 heterocycles. The summed E-state index contributed by atoms with van der Waals surface area (Å²) in [7, 11) is -3.59. The highest BCUT2D eigenvalue weighted by molar-refractivity contribution is 7.89. The minimum Gasteiger partial charge on any atom is -0.340 e. The molecule has 0 bridgehead atoms. The normalized spacial score (nSPS) is 14.9. The van der Waals surface area contributed by atoms with Crippen LogP contribution in [0, 0.1) is 6.92 Å². The van der Waals surface area contributed by atoms with Crippen molar-refractivity contribution in [1.29, 1.82) is 0 Å². The van der Waals surface area contributed by atoms with E-state index in [1.807, 2.05) is 41.0 Å². The number of carbonyl (C=O) groups excluding carboxylic acids is 2. The second-order valence-corrected chi connectivity index (χ2v) is 10.4. The number of sulfonamides is 1. The summed E-state index contributed by atoms with van der Waals surface area (Å²) in [6.45, 7) is 8.94. The van der Waals surface area contributed by atoms with Crippen molar-refractivity contribution >= 4 is 27.5 Å². The highest BCUT2D eigenvalue weighted by Gasteiger charge is 2.24. The molecule has 184 valence electrons. The Hall–Kier alpha value is -2.75. The molecule has 0 aromatic heterocycles. The number of hydrogen-bond acceptors (Lipinski definition) is 5. The van der Waals surface area contributed by atoms with E-state index in [-0.39, 0.29) is 23.3 Å². The smallest absolute Gasteiger partial charge is 0.243 e. The SMILES string of the molecule is CCN(CC)S(=O)(=O)c1cccc(NC(=O)CN2CCN(C(=O)Cc3ccccc3C)CC2)c1. The molecule has 1 aliphatic heterocycles. The van der Waals surface area contributed by atoms with Gasteiger partial charge in [0.2, 0.25) is 21.8 Å². The Bertz CT molecular complexity index is 1110. The maximum Gasteiger partial charge on any atom is 0.243 e. The summed E-state index contributed by atoms with van der Waals surface area (Å²) >= 11 is 0. The van der Waals surface area contributed by atoms with Crippen molar-refractivity contribution in [3.63, 3.8) is 0 Å². The van der Waals surface area contributed by atoms with E-state index in [1.54, 1.807) is 26.0 Å². The number of rotatable bonds is 9. The van der Waals surface area contributed by atoms with Gasteiger partial charge in [-0.05, 0) is 36.2 Å². The Morgan fingerprint density at radius 1 is 0.971 bits per heavy atom. The third kappa shape index (κ3) is 6.43. The molecule has 0 atom stereocenters. The van der Waals surface area contributed by atoms with Crippen molar-refractivity contribution in [3.05, 3.63) is 59.7 Å². The third-order valence-corrected chi connectivity index (χ3v) is 8.20. The Morgan fingerprint density at radius 2 is 1.65 bits per heavy atom. The zero-order chi connectivity index (χ0) is 24.7. The van der Waals surface area contributed by atoms with Crippen LogP contribution < -0.4 is 5.32 Å². The number of amides is 2. The standard InChI is InChI=1S/C25H34N4O4S/c1-4-29(5-2)34(32,33)23-12-8-11-22(18-23)26-24(30)19-27-13-15-28(16-14-27)25(31)17-21-10-7-6-9-20(21)3/h6-12,18H,4-5,13-17,19H2,1-3H3,(H,26,30). The maximum absolute atomic E-state index is 12.7. The summed E-state index contributed by atoms with van der Waals surface area (Å²) in [5.74, 6) is -0.110. The monoisotopic (exact) mass is 486 g/mol. The molecule has 2 aromatic carbocycles. The number of aryl methyl sites for hydroxylation is 1. The van der Waals surface area contributed by atoms with Gasteiger partial charge in [0, 0.05) is 45.0 Å². The molecule has 0 radical (unpaired) electrons. The van der Waals surface area contributed by atoms with E-state index in [0.29, 0.717) is 51.4 Å². The molecule has 1 fully saturated rings. The van der Waals surface area contributed by atoms with Crippen molar-refractivity contribution < 1.29 is 18.0 Å². The molecule has 34 heavy (non-hydrogen) atoms. The van der Waals surface area contributed by atoms with E-state index in [2.05, 4.69) is 5.32 Å². The number of hydrogen-bond donors (Lipinski definition) is 1. The van der Waals surface area contributed by atoms with E-state index in [4.69, 9.17) is 0 Å². The maximum atomic E-state index is 12.7. The van der Waals surface area contributed by atoms with Crippen LogP contribution in [0.1, 0.15) is 25.0 Å². The van der Waals surface area contributed by atoms with Gasteiger partial charge >= 0.3 is 0 Å². The van der Waals surface area contributed by atoms with Crippen LogP contribution in [0.4, 0.5) is 5.69 Å². The van der Waals surface area contributed by atoms with Crippen molar-refractivity contribution in [2.24, 2.45) is 0 Å². The first-order valence-electron chi connectivity index (χ1n) is 11.7. The first-order valence-corrected chi connectivity index (χ1v) is 13.1. The topological polar surface area (TPSA) is 90.0 Å². The summed E-state index contributed by atoms with van der Waals surface area (Å²) in [4.78, 5) is 29.3. The van der Waals surface area contributed by atoms with Crippen molar-refractivity contribution in [1.82, 2.24) is 14.1 Å². The number of nitrogens with one attached hydrogen (secondary N) is 1. The van der Waals surface area contributed by atoms with Gasteiger partial charge < -0.3 is 10.2 Å². The Morgan fingerprint density at radius 3 is 2.29 bits per heavy atom. The summed E-state index contributed by atoms with van der Waals surface area (Å²) in [6, 6.07) is 14.2. The second-order valence-electron chi connectivity index (χ2n) is 8.43. The molecule has 2 aromatic rings. The highest BCUT2D eigenvalue weighted by atomic mass is 32.2. The molecular weight excluding hydrogens is 452 g/mol. The average Bonchev–Trinajstić information content (AvgIpc) is 2.81. The van der Waals surface area contributed by atoms with Gasteiger partial charge in [-0.1, -0.05) is 44.2 Å². The van der Waals surface area contributed by atoms with Gasteiger partial charge in [-0.25, -0.2) is 8.42 Å². The fourth-order valence-electron chi connectivity index (χ4n) is 4.09. The Labute approximate surface area is 202 Å². The van der Waals surface area contributed by atoms with Gasteiger partial charge in [0.15, 0.2) is 0 Å². The van der Waals surface area contributed by atoms with E-state index >= 15 is 0 Å². The van der Waals surface area contributed by atoms with Crippen LogP contribution in [0.2, 0.25) is 0 Å². The molecule has 0 saturated carbocycles. The summed E-state index contributed by atoms with van der Waals surface area (Å²) in [5, 5.41) is 2.81. The van der Waals surface area contributed by atoms with Crippen molar-refractivity contribution in [2.45, 2.75) is 32.1 Å². The first-order chi connectivity index (χ1) is 16.2. The molecule has 1 N–H and O–H groups in total. The van der Waals surface area contributed by atoms with Gasteiger partial charge in [-0.2, -0.15) is 4.31 Å². The molecule has 3 rings (SSSR count). The fraction of sp³-hybridized carbons (Fsp3) is 0.440. The molecule has 9 heteroatoms. The average molecular weight is 487 g/mol. The van der Waals surface area contributed by atoms with Crippen LogP contribution in [0.3, 0.4) is 0 Å². The van der Waals surface area contributed by atoms with Crippen LogP contribution in [0.5, 0.6) is 0 Å². The minimum absolute atomic E-state index is 0.102. The van der Waals surface area contributed by atoms with E-state index < -0.39 is 10.0 Å². The van der Waals surface area contributed by atoms with Gasteiger partial charge in [-0.3, -0.25) is 14.5 Å². The lowest BCUT2D eigenvalue weighted by Gasteiger charge is -2.34. The number of benzene rings is 2. The molecule has 8 nitrogen and oxygen atoms in total. The van der Waals surface area contributed by atoms with Crippen molar-refractivity contribution in [2.75, 3.05) is 51.1 Å². The predicted octanol–water partition coefficient (Wildman–Crippen LogP) is 2.35. The lowest BCUT2D eigenvalue weighted by atomic mass is 10.1. The van der Waals surface area contributed by atoms with Gasteiger partial charge in [0.1, 0.15) is 0 Å². The van der Waals surface area contributed by atoms with Crippen LogP contribution >= 0.6 is 0 Å². The van der Waals surface area contributed by atoms with E-state index in [1.165, 1.54) is 16.4 Å². The fourth-order valence-corrected chi connectivity index (χ4v) is 5.59. The molecule has 0 unspecified atom stereocenters. The van der Waals surface area contributed by atoms with Gasteiger partial charge in [0.05, 0.1) is 17.9 Å². The van der Waals surface area contributed by atoms with Gasteiger partial charge in [0.25, 0.3) is 0 Å². The summed E-state index contributed by atoms with van der Waals surface area (Å²) < 4.78 is 26.9. The lowest BCUT2D eigenvalue weighted by Crippen LogP contribution is -2.50. The Balaban J connectivity index is 1.51. The summed E-state index contributed by atoms with van der Waals surface area (Å²) in [5.41, 5.74) is 2.60. The molecule has 1 aliphatic rings. The minimum atomic E-state index is -3.59. The number of nitrogens with zero attached hydrogens (tertiary/aromatic N) is 3. The molecular formula is C25H34N4O4S. The molecule has 2 amide bonds. The molecule has 0 spiro atoms. The van der Waals surface area contributed by atoms with Crippen LogP contribution in [-0.4, -0.2) is 80.2 Å². The van der Waals surface area contributed by atoms with Crippen molar-refractivity contribution in [3.8, 4) is 0 Å². The molecule has 0 aliphatic carbocycles. The zero-order valence-electron chi connectivity index (χ0n) is 20.2. The first kappa shape index (κ1) is 25.9. The van der Waals surface area contributed by atoms with Gasteiger partial charge in [-0.15, -0.1) is 0 Å². The number of anilines is 1. The third-order valence-electron chi connectivity index (χ3n) is 6.16. The largest absolute Gasteiger partial charge is 0.340 e. The number of carbonyl (C=O) groups is 2. The van der Waals surface area contributed by atoms with Crippen LogP contribution in [-0.2, 0) is 26.0 Å². The summed E-state index contributed by atoms with van der Waals surface area (Å²) in [6.07, 6.45) is 0.389. The predicted molar refractivity (Wildman–Crippen MR) is 133 cm³/mol. The second kappa shape index (κ2) is 11.6. The quantitative estimate of drug-likeness (QED) is 0.588.